The zero-order valence-electron chi connectivity index (χ0n) is 14.5. The number of nitrogens with one attached hydrogen (secondary N) is 2. The number of anilines is 2. The number of nitrogens with zero attached hydrogens (tertiary/aromatic N) is 1. The minimum atomic E-state index is -0.279. The Morgan fingerprint density at radius 1 is 1.04 bits per heavy atom. The molecule has 2 N–H and O–H groups in total. The van der Waals surface area contributed by atoms with E-state index in [1.54, 1.807) is 36.5 Å². The maximum Gasteiger partial charge on any atom is 0.187 e. The smallest absolute Gasteiger partial charge is 0.187 e. The second-order valence-corrected chi connectivity index (χ2v) is 6.38. The van der Waals surface area contributed by atoms with E-state index in [1.807, 2.05) is 30.3 Å². The summed E-state index contributed by atoms with van der Waals surface area (Å²) in [6.07, 6.45) is 3.87. The summed E-state index contributed by atoms with van der Waals surface area (Å²) in [6, 6.07) is 19.1. The largest absolute Gasteiger partial charge is 0.361 e. The van der Waals surface area contributed by atoms with Gasteiger partial charge in [0, 0.05) is 30.0 Å². The van der Waals surface area contributed by atoms with Crippen LogP contribution < -0.4 is 10.6 Å². The average Bonchev–Trinajstić information content (AvgIpc) is 2.88. The summed E-state index contributed by atoms with van der Waals surface area (Å²) < 4.78 is 13.3. The van der Waals surface area contributed by atoms with Gasteiger partial charge in [0.2, 0.25) is 0 Å². The molecule has 4 nitrogen and oxygen atoms in total. The topological polar surface area (TPSA) is 54.0 Å². The maximum atomic E-state index is 13.3. The first-order valence-electron chi connectivity index (χ1n) is 8.73. The van der Waals surface area contributed by atoms with Gasteiger partial charge in [-0.2, -0.15) is 0 Å². The fourth-order valence-electron chi connectivity index (χ4n) is 3.12. The van der Waals surface area contributed by atoms with E-state index in [2.05, 4.69) is 15.6 Å². The van der Waals surface area contributed by atoms with Crippen LogP contribution in [0.2, 0.25) is 0 Å². The number of hydrogen-bond donors (Lipinski definition) is 2. The van der Waals surface area contributed by atoms with Crippen molar-refractivity contribution in [2.45, 2.75) is 12.5 Å². The summed E-state index contributed by atoms with van der Waals surface area (Å²) in [5, 5.41) is 6.70. The zero-order valence-corrected chi connectivity index (χ0v) is 14.5. The van der Waals surface area contributed by atoms with E-state index >= 15 is 0 Å². The number of pyridine rings is 1. The molecule has 0 spiro atoms. The Kier molecular flexibility index (Phi) is 4.66. The molecule has 1 aromatic heterocycles. The van der Waals surface area contributed by atoms with Crippen LogP contribution in [0.3, 0.4) is 0 Å². The molecule has 5 heteroatoms. The molecule has 134 valence electrons. The lowest BCUT2D eigenvalue weighted by Gasteiger charge is -2.17. The molecule has 1 aliphatic heterocycles. The second kappa shape index (κ2) is 7.41. The van der Waals surface area contributed by atoms with Crippen molar-refractivity contribution in [2.24, 2.45) is 0 Å². The van der Waals surface area contributed by atoms with Gasteiger partial charge >= 0.3 is 0 Å². The lowest BCUT2D eigenvalue weighted by Crippen LogP contribution is -2.11. The third-order valence-electron chi connectivity index (χ3n) is 4.47. The number of rotatable bonds is 3. The molecule has 0 radical (unpaired) electrons. The molecule has 0 saturated heterocycles. The van der Waals surface area contributed by atoms with Gasteiger partial charge in [0.05, 0.1) is 11.7 Å². The molecule has 27 heavy (non-hydrogen) atoms. The lowest BCUT2D eigenvalue weighted by molar-refractivity contribution is 0.104. The number of aromatic nitrogens is 1. The highest BCUT2D eigenvalue weighted by Crippen LogP contribution is 2.33. The molecule has 0 fully saturated rings. The molecule has 1 aliphatic rings. The Balaban J connectivity index is 1.70. The first-order chi connectivity index (χ1) is 13.2. The molecule has 3 aromatic rings. The Hall–Kier alpha value is -3.47. The molecule has 2 aromatic carbocycles. The van der Waals surface area contributed by atoms with Crippen molar-refractivity contribution >= 4 is 17.3 Å². The maximum absolute atomic E-state index is 13.3. The van der Waals surface area contributed by atoms with Crippen molar-refractivity contribution in [2.75, 3.05) is 10.6 Å². The number of fused-ring (bicyclic) bond motifs is 1. The predicted octanol–water partition coefficient (Wildman–Crippen LogP) is 4.96. The van der Waals surface area contributed by atoms with Gasteiger partial charge in [-0.15, -0.1) is 0 Å². The fourth-order valence-corrected chi connectivity index (χ4v) is 3.12. The summed E-state index contributed by atoms with van der Waals surface area (Å²) in [5.41, 5.74) is 3.13. The number of ketones is 1. The normalized spacial score (nSPS) is 17.4. The Morgan fingerprint density at radius 3 is 2.59 bits per heavy atom. The predicted molar refractivity (Wildman–Crippen MR) is 104 cm³/mol. The van der Waals surface area contributed by atoms with Crippen LogP contribution in [-0.2, 0) is 0 Å². The number of benzene rings is 2. The van der Waals surface area contributed by atoms with Gasteiger partial charge in [-0.1, -0.05) is 42.5 Å². The molecule has 1 unspecified atom stereocenters. The van der Waals surface area contributed by atoms with Crippen molar-refractivity contribution in [1.82, 2.24) is 4.98 Å². The monoisotopic (exact) mass is 359 g/mol. The molecular weight excluding hydrogens is 341 g/mol. The number of carbonyl (C=O) groups is 1. The van der Waals surface area contributed by atoms with E-state index < -0.39 is 0 Å². The molecular formula is C22H18FN3O. The Morgan fingerprint density at radius 2 is 1.81 bits per heavy atom. The van der Waals surface area contributed by atoms with Crippen LogP contribution in [0.1, 0.15) is 28.4 Å². The van der Waals surface area contributed by atoms with Crippen molar-refractivity contribution in [3.05, 3.63) is 102 Å². The third kappa shape index (κ3) is 3.87. The quantitative estimate of drug-likeness (QED) is 0.513. The van der Waals surface area contributed by atoms with Crippen LogP contribution in [0.5, 0.6) is 0 Å². The van der Waals surface area contributed by atoms with Crippen LogP contribution >= 0.6 is 0 Å². The first-order valence-corrected chi connectivity index (χ1v) is 8.73. The number of carbonyl (C=O) groups excluding carboxylic acids is 1. The van der Waals surface area contributed by atoms with Crippen LogP contribution in [-0.4, -0.2) is 10.8 Å². The third-order valence-corrected chi connectivity index (χ3v) is 4.47. The summed E-state index contributed by atoms with van der Waals surface area (Å²) in [5.74, 6) is 0.352. The number of allylic oxidation sites excluding steroid dienone is 1. The SMILES string of the molecule is O=C(/C=C1/CC(c2ccc(F)cc2)Nc2ncccc2N1)c1ccccc1. The van der Waals surface area contributed by atoms with E-state index in [0.29, 0.717) is 17.8 Å². The van der Waals surface area contributed by atoms with Gasteiger partial charge in [0.25, 0.3) is 0 Å². The lowest BCUT2D eigenvalue weighted by atomic mass is 10.0. The second-order valence-electron chi connectivity index (χ2n) is 6.38. The van der Waals surface area contributed by atoms with Gasteiger partial charge in [-0.05, 0) is 29.8 Å². The highest BCUT2D eigenvalue weighted by atomic mass is 19.1. The van der Waals surface area contributed by atoms with E-state index in [9.17, 15) is 9.18 Å². The summed E-state index contributed by atoms with van der Waals surface area (Å²) >= 11 is 0. The van der Waals surface area contributed by atoms with Crippen molar-refractivity contribution in [1.29, 1.82) is 0 Å². The minimum Gasteiger partial charge on any atom is -0.361 e. The molecule has 0 bridgehead atoms. The van der Waals surface area contributed by atoms with E-state index in [1.165, 1.54) is 12.1 Å². The Bertz CT molecular complexity index is 984. The van der Waals surface area contributed by atoms with Crippen molar-refractivity contribution < 1.29 is 9.18 Å². The van der Waals surface area contributed by atoms with Crippen LogP contribution in [0.4, 0.5) is 15.9 Å². The average molecular weight is 359 g/mol. The Labute approximate surface area is 156 Å². The minimum absolute atomic E-state index is 0.0664. The summed E-state index contributed by atoms with van der Waals surface area (Å²) in [6.45, 7) is 0. The zero-order chi connectivity index (χ0) is 18.6. The van der Waals surface area contributed by atoms with Crippen LogP contribution in [0.15, 0.2) is 84.7 Å². The van der Waals surface area contributed by atoms with Gasteiger partial charge in [-0.3, -0.25) is 4.79 Å². The fraction of sp³-hybridized carbons (Fsp3) is 0.0909. The van der Waals surface area contributed by atoms with Gasteiger partial charge in [-0.25, -0.2) is 9.37 Å². The standard InChI is InChI=1S/C22H18FN3O/c23-17-10-8-15(9-11-17)20-13-18(14-21(27)16-5-2-1-3-6-16)25-19-7-4-12-24-22(19)26-20/h1-12,14,20,25H,13H2,(H,24,26)/b18-14-. The van der Waals surface area contributed by atoms with E-state index in [-0.39, 0.29) is 17.6 Å². The number of halogens is 1. The van der Waals surface area contributed by atoms with Gasteiger partial charge in [0.15, 0.2) is 5.78 Å². The van der Waals surface area contributed by atoms with E-state index in [4.69, 9.17) is 0 Å². The highest BCUT2D eigenvalue weighted by molar-refractivity contribution is 6.05. The molecule has 2 heterocycles. The van der Waals surface area contributed by atoms with Crippen molar-refractivity contribution in [3.63, 3.8) is 0 Å². The number of hydrogen-bond acceptors (Lipinski definition) is 4. The van der Waals surface area contributed by atoms with Crippen molar-refractivity contribution in [3.8, 4) is 0 Å². The highest BCUT2D eigenvalue weighted by Gasteiger charge is 2.21. The molecule has 0 amide bonds. The van der Waals surface area contributed by atoms with Crippen LogP contribution in [0, 0.1) is 5.82 Å². The summed E-state index contributed by atoms with van der Waals surface area (Å²) in [4.78, 5) is 17.0. The molecule has 0 saturated carbocycles. The van der Waals surface area contributed by atoms with E-state index in [0.717, 1.165) is 16.9 Å². The first kappa shape index (κ1) is 17.0. The summed E-state index contributed by atoms with van der Waals surface area (Å²) in [7, 11) is 0. The molecule has 1 atom stereocenters. The molecule has 4 rings (SSSR count). The van der Waals surface area contributed by atoms with Gasteiger partial charge < -0.3 is 10.6 Å². The van der Waals surface area contributed by atoms with Crippen LogP contribution in [0.25, 0.3) is 0 Å². The van der Waals surface area contributed by atoms with Gasteiger partial charge in [0.1, 0.15) is 11.6 Å². The molecule has 0 aliphatic carbocycles.